The summed E-state index contributed by atoms with van der Waals surface area (Å²) < 4.78 is 16.7. The number of nitrogens with zero attached hydrogens (tertiary/aromatic N) is 3. The molecule has 6 nitrogen and oxygen atoms in total. The maximum absolute atomic E-state index is 13.0. The molecular weight excluding hydrogens is 372 g/mol. The molecule has 1 amide bonds. The van der Waals surface area contributed by atoms with Crippen molar-refractivity contribution in [3.05, 3.63) is 12.0 Å². The average Bonchev–Trinajstić information content (AvgIpc) is 3.02. The predicted octanol–water partition coefficient (Wildman–Crippen LogP) is 2.40. The lowest BCUT2D eigenvalue weighted by atomic mass is 9.54. The Hall–Kier alpha value is -1.21. The molecule has 154 valence electrons. The van der Waals surface area contributed by atoms with Crippen LogP contribution in [0.3, 0.4) is 0 Å². The first kappa shape index (κ1) is 18.8. The highest BCUT2D eigenvalue weighted by Gasteiger charge is 2.49. The Bertz CT molecular complexity index is 736. The van der Waals surface area contributed by atoms with Crippen LogP contribution in [-0.4, -0.2) is 43.1 Å². The maximum Gasteiger partial charge on any atom is 0.223 e. The van der Waals surface area contributed by atoms with Gasteiger partial charge in [0.2, 0.25) is 5.91 Å². The zero-order valence-electron chi connectivity index (χ0n) is 17.0. The molecule has 5 fully saturated rings. The summed E-state index contributed by atoms with van der Waals surface area (Å²) in [6.45, 7) is 3.31. The van der Waals surface area contributed by atoms with Crippen molar-refractivity contribution in [1.82, 2.24) is 19.2 Å². The van der Waals surface area contributed by atoms with E-state index in [4.69, 9.17) is 0 Å². The summed E-state index contributed by atoms with van der Waals surface area (Å²) in [5, 5.41) is 4.09. The highest BCUT2D eigenvalue weighted by atomic mass is 32.2. The molecule has 0 aromatic carbocycles. The number of imidazole rings is 1. The highest BCUT2D eigenvalue weighted by molar-refractivity contribution is 7.82. The number of piperidine rings is 1. The van der Waals surface area contributed by atoms with Crippen LogP contribution in [-0.2, 0) is 22.8 Å². The van der Waals surface area contributed by atoms with E-state index in [1.54, 1.807) is 0 Å². The second-order valence-electron chi connectivity index (χ2n) is 9.65. The molecule has 0 spiro atoms. The first-order valence-electron chi connectivity index (χ1n) is 10.9. The number of aromatic nitrogens is 2. The Kier molecular flexibility index (Phi) is 4.86. The number of hydrogen-bond donors (Lipinski definition) is 1. The van der Waals surface area contributed by atoms with Gasteiger partial charge in [0.1, 0.15) is 16.8 Å². The fourth-order valence-corrected chi connectivity index (χ4v) is 7.73. The minimum atomic E-state index is -1.23. The number of rotatable bonds is 4. The van der Waals surface area contributed by atoms with Crippen molar-refractivity contribution in [2.75, 3.05) is 13.1 Å². The molecule has 4 bridgehead atoms. The van der Waals surface area contributed by atoms with E-state index in [9.17, 15) is 9.00 Å². The molecule has 1 saturated heterocycles. The Morgan fingerprint density at radius 2 is 1.71 bits per heavy atom. The van der Waals surface area contributed by atoms with Crippen molar-refractivity contribution in [1.29, 1.82) is 0 Å². The molecular formula is C21H32N4O2S. The molecule has 2 heterocycles. The van der Waals surface area contributed by atoms with Crippen LogP contribution in [0.15, 0.2) is 11.2 Å². The highest BCUT2D eigenvalue weighted by Crippen LogP contribution is 2.53. The standard InChI is InChI=1S/C21H32N4O2S/c1-13-22-19(12-24(13)2)28(27)25-5-3-16(4-6-25)21(26)23-20-17-8-14-7-15(10-17)11-18(20)9-14/h12,14-18,20H,3-11H2,1-2H3,(H,23,26). The first-order valence-corrected chi connectivity index (χ1v) is 12.1. The molecule has 1 atom stereocenters. The Morgan fingerprint density at radius 1 is 1.11 bits per heavy atom. The number of carbonyl (C=O) groups excluding carboxylic acids is 1. The maximum atomic E-state index is 13.0. The SMILES string of the molecule is Cc1nc(S(=O)N2CCC(C(=O)NC3C4CC5CC(C4)CC3C5)CC2)cn1C. The third-order valence-electron chi connectivity index (χ3n) is 7.86. The van der Waals surface area contributed by atoms with E-state index in [2.05, 4.69) is 10.3 Å². The van der Waals surface area contributed by atoms with Gasteiger partial charge in [-0.2, -0.15) is 0 Å². The van der Waals surface area contributed by atoms with Gasteiger partial charge in [0.25, 0.3) is 0 Å². The van der Waals surface area contributed by atoms with Crippen molar-refractivity contribution >= 4 is 16.9 Å². The summed E-state index contributed by atoms with van der Waals surface area (Å²) in [5.74, 6) is 4.49. The third-order valence-corrected chi connectivity index (χ3v) is 9.25. The fraction of sp³-hybridized carbons (Fsp3) is 0.810. The van der Waals surface area contributed by atoms with Gasteiger partial charge in [0.05, 0.1) is 0 Å². The summed E-state index contributed by atoms with van der Waals surface area (Å²) in [5.41, 5.74) is 0. The van der Waals surface area contributed by atoms with Crippen LogP contribution in [0.2, 0.25) is 0 Å². The quantitative estimate of drug-likeness (QED) is 0.838. The molecule has 28 heavy (non-hydrogen) atoms. The molecule has 7 heteroatoms. The molecule has 1 aromatic heterocycles. The number of aryl methyl sites for hydroxylation is 2. The molecule has 4 saturated carbocycles. The number of nitrogens with one attached hydrogen (secondary N) is 1. The van der Waals surface area contributed by atoms with Gasteiger partial charge in [-0.15, -0.1) is 0 Å². The largest absolute Gasteiger partial charge is 0.353 e. The number of hydrogen-bond acceptors (Lipinski definition) is 3. The molecule has 4 aliphatic carbocycles. The van der Waals surface area contributed by atoms with Crippen molar-refractivity contribution in [3.8, 4) is 0 Å². The van der Waals surface area contributed by atoms with Gasteiger partial charge in [-0.05, 0) is 75.5 Å². The van der Waals surface area contributed by atoms with E-state index in [-0.39, 0.29) is 11.8 Å². The smallest absolute Gasteiger partial charge is 0.223 e. The van der Waals surface area contributed by atoms with E-state index in [1.165, 1.54) is 32.1 Å². The lowest BCUT2D eigenvalue weighted by Gasteiger charge is -2.54. The summed E-state index contributed by atoms with van der Waals surface area (Å²) in [7, 11) is 0.693. The molecule has 5 aliphatic rings. The summed E-state index contributed by atoms with van der Waals surface area (Å²) in [4.78, 5) is 17.4. The zero-order valence-corrected chi connectivity index (χ0v) is 17.8. The van der Waals surface area contributed by atoms with Crippen LogP contribution >= 0.6 is 0 Å². The Balaban J connectivity index is 1.16. The van der Waals surface area contributed by atoms with E-state index in [0.29, 0.717) is 24.2 Å². The lowest BCUT2D eigenvalue weighted by molar-refractivity contribution is -0.130. The first-order chi connectivity index (χ1) is 13.5. The van der Waals surface area contributed by atoms with E-state index in [0.717, 1.165) is 42.3 Å². The van der Waals surface area contributed by atoms with E-state index < -0.39 is 11.0 Å². The van der Waals surface area contributed by atoms with Crippen LogP contribution < -0.4 is 5.32 Å². The van der Waals surface area contributed by atoms with Gasteiger partial charge in [0, 0.05) is 38.3 Å². The third kappa shape index (κ3) is 3.34. The molecule has 0 radical (unpaired) electrons. The zero-order chi connectivity index (χ0) is 19.4. The van der Waals surface area contributed by atoms with E-state index >= 15 is 0 Å². The molecule has 1 unspecified atom stereocenters. The topological polar surface area (TPSA) is 67.2 Å². The van der Waals surface area contributed by atoms with Gasteiger partial charge in [-0.3, -0.25) is 4.79 Å². The average molecular weight is 405 g/mol. The predicted molar refractivity (Wildman–Crippen MR) is 108 cm³/mol. The lowest BCUT2D eigenvalue weighted by Crippen LogP contribution is -2.57. The fourth-order valence-electron chi connectivity index (χ4n) is 6.47. The van der Waals surface area contributed by atoms with Crippen LogP contribution in [0.5, 0.6) is 0 Å². The van der Waals surface area contributed by atoms with Crippen LogP contribution in [0.1, 0.15) is 50.8 Å². The monoisotopic (exact) mass is 404 g/mol. The van der Waals surface area contributed by atoms with Gasteiger partial charge < -0.3 is 9.88 Å². The van der Waals surface area contributed by atoms with Crippen molar-refractivity contribution in [2.24, 2.45) is 36.6 Å². The molecule has 1 aromatic rings. The van der Waals surface area contributed by atoms with Gasteiger partial charge in [0.15, 0.2) is 5.03 Å². The van der Waals surface area contributed by atoms with Crippen molar-refractivity contribution in [2.45, 2.75) is 62.9 Å². The Morgan fingerprint density at radius 3 is 2.25 bits per heavy atom. The molecule has 1 aliphatic heterocycles. The van der Waals surface area contributed by atoms with Crippen molar-refractivity contribution in [3.63, 3.8) is 0 Å². The molecule has 6 rings (SSSR count). The summed E-state index contributed by atoms with van der Waals surface area (Å²) in [6.07, 6.45) is 10.2. The second-order valence-corrected chi connectivity index (χ2v) is 11.1. The second kappa shape index (κ2) is 7.24. The van der Waals surface area contributed by atoms with Gasteiger partial charge in [-0.1, -0.05) is 0 Å². The van der Waals surface area contributed by atoms with Gasteiger partial charge >= 0.3 is 0 Å². The van der Waals surface area contributed by atoms with Crippen LogP contribution in [0.4, 0.5) is 0 Å². The van der Waals surface area contributed by atoms with Crippen LogP contribution in [0, 0.1) is 36.5 Å². The normalized spacial score (nSPS) is 36.6. The summed E-state index contributed by atoms with van der Waals surface area (Å²) in [6, 6.07) is 0.420. The number of carbonyl (C=O) groups is 1. The number of amides is 1. The molecule has 1 N–H and O–H groups in total. The van der Waals surface area contributed by atoms with Crippen LogP contribution in [0.25, 0.3) is 0 Å². The van der Waals surface area contributed by atoms with E-state index in [1.807, 2.05) is 29.0 Å². The Labute approximate surface area is 170 Å². The minimum Gasteiger partial charge on any atom is -0.353 e. The summed E-state index contributed by atoms with van der Waals surface area (Å²) >= 11 is 0. The van der Waals surface area contributed by atoms with Crippen molar-refractivity contribution < 1.29 is 9.00 Å². The minimum absolute atomic E-state index is 0.0657. The van der Waals surface area contributed by atoms with Gasteiger partial charge in [-0.25, -0.2) is 13.5 Å².